The number of fused-ring (bicyclic) bond motifs is 1. The van der Waals surface area contributed by atoms with E-state index in [0.717, 1.165) is 12.1 Å². The zero-order valence-corrected chi connectivity index (χ0v) is 10.9. The molecule has 0 fully saturated rings. The summed E-state index contributed by atoms with van der Waals surface area (Å²) < 4.78 is 13.3. The van der Waals surface area contributed by atoms with Crippen LogP contribution in [0.3, 0.4) is 0 Å². The van der Waals surface area contributed by atoms with Crippen molar-refractivity contribution in [2.75, 3.05) is 0 Å². The maximum absolute atomic E-state index is 13.3. The van der Waals surface area contributed by atoms with E-state index in [2.05, 4.69) is 9.97 Å². The molecular weight excluding hydrogens is 293 g/mol. The van der Waals surface area contributed by atoms with Crippen molar-refractivity contribution in [1.29, 1.82) is 0 Å². The van der Waals surface area contributed by atoms with Gasteiger partial charge in [0.15, 0.2) is 0 Å². The van der Waals surface area contributed by atoms with E-state index < -0.39 is 22.4 Å². The van der Waals surface area contributed by atoms with Crippen molar-refractivity contribution < 1.29 is 19.2 Å². The smallest absolute Gasteiger partial charge is 0.335 e. The molecule has 2 N–H and O–H groups in total. The third-order valence-electron chi connectivity index (χ3n) is 3.15. The van der Waals surface area contributed by atoms with E-state index in [9.17, 15) is 19.3 Å². The van der Waals surface area contributed by atoms with Gasteiger partial charge in [-0.05, 0) is 30.3 Å². The highest BCUT2D eigenvalue weighted by Crippen LogP contribution is 2.26. The quantitative estimate of drug-likeness (QED) is 0.571. The number of hydrogen-bond donors (Lipinski definition) is 2. The first kappa shape index (κ1) is 13.7. The van der Waals surface area contributed by atoms with Crippen LogP contribution >= 0.6 is 0 Å². The van der Waals surface area contributed by atoms with E-state index in [1.165, 1.54) is 24.3 Å². The van der Waals surface area contributed by atoms with Crippen LogP contribution in [0.5, 0.6) is 0 Å². The molecule has 0 saturated heterocycles. The number of nitrogens with zero attached hydrogens (tertiary/aromatic N) is 2. The summed E-state index contributed by atoms with van der Waals surface area (Å²) in [6, 6.07) is 7.76. The Balaban J connectivity index is 2.12. The number of carboxylic acid groups (broad SMARTS) is 1. The molecule has 1 heterocycles. The number of aromatic carboxylic acids is 1. The van der Waals surface area contributed by atoms with Crippen LogP contribution < -0.4 is 0 Å². The monoisotopic (exact) mass is 301 g/mol. The summed E-state index contributed by atoms with van der Waals surface area (Å²) in [5.74, 6) is -1.71. The minimum atomic E-state index is -1.07. The number of benzene rings is 2. The van der Waals surface area contributed by atoms with Crippen LogP contribution in [0.2, 0.25) is 0 Å². The number of nitro benzene ring substituents is 1. The van der Waals surface area contributed by atoms with E-state index in [1.54, 1.807) is 0 Å². The summed E-state index contributed by atoms with van der Waals surface area (Å²) in [5.41, 5.74) is 0.756. The van der Waals surface area contributed by atoms with Gasteiger partial charge in [-0.2, -0.15) is 4.39 Å². The first-order chi connectivity index (χ1) is 10.5. The summed E-state index contributed by atoms with van der Waals surface area (Å²) in [6.07, 6.45) is 0. The average molecular weight is 301 g/mol. The van der Waals surface area contributed by atoms with Crippen LogP contribution in [0.1, 0.15) is 10.4 Å². The maximum atomic E-state index is 13.3. The molecule has 8 heteroatoms. The molecule has 0 aliphatic rings. The number of H-pyrrole nitrogens is 1. The molecule has 0 aliphatic heterocycles. The number of halogens is 1. The Morgan fingerprint density at radius 3 is 2.73 bits per heavy atom. The Kier molecular flexibility index (Phi) is 3.06. The number of carbonyl (C=O) groups is 1. The van der Waals surface area contributed by atoms with Gasteiger partial charge in [0, 0.05) is 11.6 Å². The lowest BCUT2D eigenvalue weighted by Gasteiger charge is -1.98. The maximum Gasteiger partial charge on any atom is 0.335 e. The van der Waals surface area contributed by atoms with Crippen molar-refractivity contribution in [3.8, 4) is 11.4 Å². The fourth-order valence-electron chi connectivity index (χ4n) is 2.08. The van der Waals surface area contributed by atoms with E-state index in [4.69, 9.17) is 5.11 Å². The number of imidazole rings is 1. The minimum Gasteiger partial charge on any atom is -0.478 e. The van der Waals surface area contributed by atoms with Crippen molar-refractivity contribution in [3.63, 3.8) is 0 Å². The fourth-order valence-corrected chi connectivity index (χ4v) is 2.08. The molecular formula is C14H8FN3O4. The Morgan fingerprint density at radius 2 is 2.05 bits per heavy atom. The molecule has 110 valence electrons. The highest BCUT2D eigenvalue weighted by molar-refractivity contribution is 5.93. The molecule has 0 amide bonds. The van der Waals surface area contributed by atoms with Gasteiger partial charge in [-0.25, -0.2) is 9.78 Å². The van der Waals surface area contributed by atoms with Gasteiger partial charge < -0.3 is 10.1 Å². The summed E-state index contributed by atoms with van der Waals surface area (Å²) in [4.78, 5) is 28.0. The molecule has 1 aromatic heterocycles. The summed E-state index contributed by atoms with van der Waals surface area (Å²) in [6.45, 7) is 0. The number of rotatable bonds is 3. The van der Waals surface area contributed by atoms with Crippen LogP contribution in [0.15, 0.2) is 36.4 Å². The summed E-state index contributed by atoms with van der Waals surface area (Å²) in [7, 11) is 0. The predicted molar refractivity (Wildman–Crippen MR) is 75.1 cm³/mol. The SMILES string of the molecule is O=C(O)c1ccc2nc(-c3ccc(F)c([N+](=O)[O-])c3)[nH]c2c1. The first-order valence-electron chi connectivity index (χ1n) is 6.13. The molecule has 22 heavy (non-hydrogen) atoms. The molecule has 2 aromatic carbocycles. The van der Waals surface area contributed by atoms with E-state index >= 15 is 0 Å². The molecule has 0 aliphatic carbocycles. The third kappa shape index (κ3) is 2.26. The third-order valence-corrected chi connectivity index (χ3v) is 3.15. The van der Waals surface area contributed by atoms with Crippen molar-refractivity contribution >= 4 is 22.7 Å². The topological polar surface area (TPSA) is 109 Å². The number of aromatic nitrogens is 2. The lowest BCUT2D eigenvalue weighted by molar-refractivity contribution is -0.387. The molecule has 0 bridgehead atoms. The molecule has 7 nitrogen and oxygen atoms in total. The zero-order valence-electron chi connectivity index (χ0n) is 10.9. The average Bonchev–Trinajstić information content (AvgIpc) is 2.90. The second-order valence-electron chi connectivity index (χ2n) is 4.55. The van der Waals surface area contributed by atoms with Crippen LogP contribution in [0.4, 0.5) is 10.1 Å². The van der Waals surface area contributed by atoms with E-state index in [1.807, 2.05) is 0 Å². The molecule has 0 spiro atoms. The molecule has 0 unspecified atom stereocenters. The van der Waals surface area contributed by atoms with E-state index in [-0.39, 0.29) is 5.56 Å². The van der Waals surface area contributed by atoms with Gasteiger partial charge in [0.2, 0.25) is 5.82 Å². The van der Waals surface area contributed by atoms with Gasteiger partial charge in [-0.1, -0.05) is 0 Å². The Labute approximate surface area is 122 Å². The number of nitrogens with one attached hydrogen (secondary N) is 1. The number of carboxylic acids is 1. The van der Waals surface area contributed by atoms with Gasteiger partial charge in [0.25, 0.3) is 0 Å². The largest absolute Gasteiger partial charge is 0.478 e. The van der Waals surface area contributed by atoms with Gasteiger partial charge in [-0.3, -0.25) is 10.1 Å². The molecule has 0 radical (unpaired) electrons. The second-order valence-corrected chi connectivity index (χ2v) is 4.55. The van der Waals surface area contributed by atoms with Crippen molar-refractivity contribution in [2.24, 2.45) is 0 Å². The standard InChI is InChI=1S/C14H8FN3O4/c15-9-3-1-7(6-12(9)18(21)22)13-16-10-4-2-8(14(19)20)5-11(10)17-13/h1-6H,(H,16,17)(H,19,20). The Morgan fingerprint density at radius 1 is 1.27 bits per heavy atom. The van der Waals surface area contributed by atoms with Crippen LogP contribution in [-0.4, -0.2) is 26.0 Å². The Hall–Kier alpha value is -3.29. The summed E-state index contributed by atoms with van der Waals surface area (Å²) in [5, 5.41) is 19.7. The molecule has 3 rings (SSSR count). The number of nitro groups is 1. The lowest BCUT2D eigenvalue weighted by Crippen LogP contribution is -1.94. The molecule has 0 atom stereocenters. The van der Waals surface area contributed by atoms with Crippen molar-refractivity contribution in [1.82, 2.24) is 9.97 Å². The second kappa shape index (κ2) is 4.92. The van der Waals surface area contributed by atoms with Crippen LogP contribution in [0.25, 0.3) is 22.4 Å². The van der Waals surface area contributed by atoms with Gasteiger partial charge in [-0.15, -0.1) is 0 Å². The molecule has 0 saturated carbocycles. The normalized spacial score (nSPS) is 10.8. The van der Waals surface area contributed by atoms with Crippen molar-refractivity contribution in [3.05, 3.63) is 57.9 Å². The van der Waals surface area contributed by atoms with Crippen molar-refractivity contribution in [2.45, 2.75) is 0 Å². The minimum absolute atomic E-state index is 0.0905. The highest BCUT2D eigenvalue weighted by Gasteiger charge is 2.17. The van der Waals surface area contributed by atoms with Crippen LogP contribution in [0, 0.1) is 15.9 Å². The summed E-state index contributed by atoms with van der Waals surface area (Å²) >= 11 is 0. The Bertz CT molecular complexity index is 920. The van der Waals surface area contributed by atoms with Gasteiger partial charge >= 0.3 is 11.7 Å². The number of hydrogen-bond acceptors (Lipinski definition) is 4. The lowest BCUT2D eigenvalue weighted by atomic mass is 10.2. The molecule has 3 aromatic rings. The predicted octanol–water partition coefficient (Wildman–Crippen LogP) is 2.98. The zero-order chi connectivity index (χ0) is 15.9. The fraction of sp³-hybridized carbons (Fsp3) is 0. The van der Waals surface area contributed by atoms with Gasteiger partial charge in [0.05, 0.1) is 21.5 Å². The van der Waals surface area contributed by atoms with Crippen LogP contribution in [-0.2, 0) is 0 Å². The highest BCUT2D eigenvalue weighted by atomic mass is 19.1. The first-order valence-corrected chi connectivity index (χ1v) is 6.13. The van der Waals surface area contributed by atoms with E-state index in [0.29, 0.717) is 22.4 Å². The number of aromatic amines is 1. The van der Waals surface area contributed by atoms with Gasteiger partial charge in [0.1, 0.15) is 5.82 Å².